The molecule has 1 atom stereocenters. The molecule has 1 aliphatic rings. The zero-order valence-electron chi connectivity index (χ0n) is 14.4. The summed E-state index contributed by atoms with van der Waals surface area (Å²) in [5, 5.41) is 3.33. The first kappa shape index (κ1) is 21.0. The molecule has 0 aliphatic carbocycles. The minimum atomic E-state index is -3.58. The number of nitrogens with zero attached hydrogens (tertiary/aromatic N) is 2. The SMILES string of the molecule is CN(C)C(=O)c1cc(S(=O)(=O)NCCC2CCCNC2)cn1C.Cl. The fraction of sp³-hybridized carbons (Fsp3) is 0.667. The van der Waals surface area contributed by atoms with Gasteiger partial charge in [0.2, 0.25) is 10.0 Å². The van der Waals surface area contributed by atoms with Gasteiger partial charge in [-0.05, 0) is 44.3 Å². The molecule has 0 spiro atoms. The summed E-state index contributed by atoms with van der Waals surface area (Å²) in [5.41, 5.74) is 0.354. The summed E-state index contributed by atoms with van der Waals surface area (Å²) >= 11 is 0. The first-order valence-electron chi connectivity index (χ1n) is 7.89. The van der Waals surface area contributed by atoms with Crippen molar-refractivity contribution in [2.45, 2.75) is 24.2 Å². The minimum absolute atomic E-state index is 0. The van der Waals surface area contributed by atoms with E-state index in [1.165, 1.54) is 17.2 Å². The second-order valence-electron chi connectivity index (χ2n) is 6.27. The molecule has 9 heteroatoms. The number of piperidine rings is 1. The standard InChI is InChI=1S/C15H26N4O3S.ClH/c1-18(2)15(20)14-9-13(11-19(14)3)23(21,22)17-8-6-12-5-4-7-16-10-12;/h9,11-12,16-17H,4-8,10H2,1-3H3;1H. The molecule has 0 radical (unpaired) electrons. The Bertz CT molecular complexity index is 652. The number of carbonyl (C=O) groups excluding carboxylic acids is 1. The normalized spacial score (nSPS) is 18.0. The van der Waals surface area contributed by atoms with Crippen molar-refractivity contribution in [2.75, 3.05) is 33.7 Å². The van der Waals surface area contributed by atoms with Gasteiger partial charge in [-0.15, -0.1) is 12.4 Å². The number of halogens is 1. The van der Waals surface area contributed by atoms with E-state index in [0.717, 1.165) is 32.4 Å². The lowest BCUT2D eigenvalue weighted by molar-refractivity contribution is 0.0818. The molecule has 0 bridgehead atoms. The van der Waals surface area contributed by atoms with Crippen molar-refractivity contribution in [2.24, 2.45) is 13.0 Å². The van der Waals surface area contributed by atoms with E-state index in [1.807, 2.05) is 0 Å². The highest BCUT2D eigenvalue weighted by atomic mass is 35.5. The van der Waals surface area contributed by atoms with Crippen LogP contribution in [0.4, 0.5) is 0 Å². The Hall–Kier alpha value is -1.09. The monoisotopic (exact) mass is 378 g/mol. The summed E-state index contributed by atoms with van der Waals surface area (Å²) in [6.45, 7) is 2.42. The summed E-state index contributed by atoms with van der Waals surface area (Å²) < 4.78 is 28.9. The number of aryl methyl sites for hydroxylation is 1. The molecule has 1 amide bonds. The number of hydrogen-bond donors (Lipinski definition) is 2. The van der Waals surface area contributed by atoms with Gasteiger partial charge in [0.05, 0.1) is 0 Å². The fourth-order valence-electron chi connectivity index (χ4n) is 2.77. The summed E-state index contributed by atoms with van der Waals surface area (Å²) in [7, 11) is 1.36. The number of hydrogen-bond acceptors (Lipinski definition) is 4. The number of sulfonamides is 1. The number of nitrogens with one attached hydrogen (secondary N) is 2. The van der Waals surface area contributed by atoms with Gasteiger partial charge in [-0.25, -0.2) is 13.1 Å². The number of amides is 1. The molecular formula is C15H27ClN4O3S. The van der Waals surface area contributed by atoms with Gasteiger partial charge in [-0.2, -0.15) is 0 Å². The molecule has 1 saturated heterocycles. The molecule has 1 fully saturated rings. The van der Waals surface area contributed by atoms with E-state index in [2.05, 4.69) is 10.0 Å². The lowest BCUT2D eigenvalue weighted by atomic mass is 9.96. The molecule has 24 heavy (non-hydrogen) atoms. The van der Waals surface area contributed by atoms with Crippen LogP contribution in [0.1, 0.15) is 29.8 Å². The van der Waals surface area contributed by atoms with Gasteiger partial charge in [0, 0.05) is 33.9 Å². The molecule has 7 nitrogen and oxygen atoms in total. The van der Waals surface area contributed by atoms with Crippen LogP contribution in [0.3, 0.4) is 0 Å². The Labute approximate surface area is 150 Å². The van der Waals surface area contributed by atoms with E-state index >= 15 is 0 Å². The maximum atomic E-state index is 12.4. The van der Waals surface area contributed by atoms with E-state index < -0.39 is 10.0 Å². The van der Waals surface area contributed by atoms with Crippen LogP contribution >= 0.6 is 12.4 Å². The molecule has 0 saturated carbocycles. The minimum Gasteiger partial charge on any atom is -0.345 e. The van der Waals surface area contributed by atoms with Crippen LogP contribution in [0, 0.1) is 5.92 Å². The zero-order valence-corrected chi connectivity index (χ0v) is 16.0. The lowest BCUT2D eigenvalue weighted by Gasteiger charge is -2.22. The molecule has 138 valence electrons. The average molecular weight is 379 g/mol. The third-order valence-electron chi connectivity index (χ3n) is 4.16. The van der Waals surface area contributed by atoms with Crippen LogP contribution < -0.4 is 10.0 Å². The van der Waals surface area contributed by atoms with Gasteiger partial charge >= 0.3 is 0 Å². The predicted octanol–water partition coefficient (Wildman–Crippen LogP) is 0.817. The lowest BCUT2D eigenvalue weighted by Crippen LogP contribution is -2.33. The van der Waals surface area contributed by atoms with Crippen LogP contribution in [-0.4, -0.2) is 57.5 Å². The third-order valence-corrected chi connectivity index (χ3v) is 5.59. The topological polar surface area (TPSA) is 83.4 Å². The largest absolute Gasteiger partial charge is 0.345 e. The summed E-state index contributed by atoms with van der Waals surface area (Å²) in [4.78, 5) is 13.6. The van der Waals surface area contributed by atoms with Crippen molar-refractivity contribution in [1.82, 2.24) is 19.5 Å². The Morgan fingerprint density at radius 3 is 2.75 bits per heavy atom. The third kappa shape index (κ3) is 5.20. The molecule has 0 aromatic carbocycles. The second-order valence-corrected chi connectivity index (χ2v) is 8.04. The van der Waals surface area contributed by atoms with E-state index in [-0.39, 0.29) is 23.2 Å². The molecule has 1 aromatic rings. The highest BCUT2D eigenvalue weighted by Crippen LogP contribution is 2.16. The highest BCUT2D eigenvalue weighted by Gasteiger charge is 2.21. The van der Waals surface area contributed by atoms with E-state index in [9.17, 15) is 13.2 Å². The highest BCUT2D eigenvalue weighted by molar-refractivity contribution is 7.89. The molecule has 1 aliphatic heterocycles. The van der Waals surface area contributed by atoms with E-state index in [1.54, 1.807) is 25.7 Å². The van der Waals surface area contributed by atoms with Crippen LogP contribution in [0.15, 0.2) is 17.2 Å². The first-order valence-corrected chi connectivity index (χ1v) is 9.38. The van der Waals surface area contributed by atoms with Gasteiger partial charge in [0.15, 0.2) is 0 Å². The number of rotatable bonds is 6. The van der Waals surface area contributed by atoms with Crippen molar-refractivity contribution in [3.8, 4) is 0 Å². The summed E-state index contributed by atoms with van der Waals surface area (Å²) in [5.74, 6) is 0.301. The van der Waals surface area contributed by atoms with Crippen LogP contribution in [0.2, 0.25) is 0 Å². The summed E-state index contributed by atoms with van der Waals surface area (Å²) in [6.07, 6.45) is 4.58. The van der Waals surface area contributed by atoms with Crippen LogP contribution in [-0.2, 0) is 17.1 Å². The number of aromatic nitrogens is 1. The maximum Gasteiger partial charge on any atom is 0.269 e. The summed E-state index contributed by atoms with van der Waals surface area (Å²) in [6, 6.07) is 1.42. The number of carbonyl (C=O) groups is 1. The predicted molar refractivity (Wildman–Crippen MR) is 96.1 cm³/mol. The van der Waals surface area contributed by atoms with Crippen molar-refractivity contribution in [1.29, 1.82) is 0 Å². The quantitative estimate of drug-likeness (QED) is 0.767. The maximum absolute atomic E-state index is 12.4. The molecular weight excluding hydrogens is 352 g/mol. The Morgan fingerprint density at radius 2 is 2.17 bits per heavy atom. The van der Waals surface area contributed by atoms with Crippen molar-refractivity contribution >= 4 is 28.3 Å². The van der Waals surface area contributed by atoms with Gasteiger partial charge in [0.1, 0.15) is 10.6 Å². The Morgan fingerprint density at radius 1 is 1.46 bits per heavy atom. The molecule has 1 aromatic heterocycles. The molecule has 1 unspecified atom stereocenters. The van der Waals surface area contributed by atoms with E-state index in [4.69, 9.17) is 0 Å². The Balaban J connectivity index is 0.00000288. The van der Waals surface area contributed by atoms with Gasteiger partial charge in [0.25, 0.3) is 5.91 Å². The average Bonchev–Trinajstić information content (AvgIpc) is 2.90. The van der Waals surface area contributed by atoms with Gasteiger partial charge in [-0.3, -0.25) is 4.79 Å². The van der Waals surface area contributed by atoms with Gasteiger partial charge in [-0.1, -0.05) is 0 Å². The Kier molecular flexibility index (Phi) is 7.72. The zero-order chi connectivity index (χ0) is 17.0. The fourth-order valence-corrected chi connectivity index (χ4v) is 3.89. The van der Waals surface area contributed by atoms with E-state index in [0.29, 0.717) is 18.2 Å². The van der Waals surface area contributed by atoms with Crippen LogP contribution in [0.25, 0.3) is 0 Å². The first-order chi connectivity index (χ1) is 10.8. The van der Waals surface area contributed by atoms with Crippen molar-refractivity contribution in [3.05, 3.63) is 18.0 Å². The molecule has 2 rings (SSSR count). The molecule has 2 N–H and O–H groups in total. The van der Waals surface area contributed by atoms with Crippen LogP contribution in [0.5, 0.6) is 0 Å². The van der Waals surface area contributed by atoms with Crippen molar-refractivity contribution < 1.29 is 13.2 Å². The molecule has 2 heterocycles. The van der Waals surface area contributed by atoms with Crippen molar-refractivity contribution in [3.63, 3.8) is 0 Å². The second kappa shape index (κ2) is 8.84. The van der Waals surface area contributed by atoms with Gasteiger partial charge < -0.3 is 14.8 Å². The smallest absolute Gasteiger partial charge is 0.269 e.